The molecule has 1 aromatic heterocycles. The van der Waals surface area contributed by atoms with Crippen LogP contribution in [0.3, 0.4) is 0 Å². The molecule has 2 N–H and O–H groups in total. The minimum atomic E-state index is -5.91. The van der Waals surface area contributed by atoms with Crippen LogP contribution in [0.2, 0.25) is 0 Å². The Hall–Kier alpha value is -1.30. The van der Waals surface area contributed by atoms with Crippen LogP contribution in [-0.4, -0.2) is 29.4 Å². The van der Waals surface area contributed by atoms with E-state index in [0.717, 1.165) is 0 Å². The topological polar surface area (TPSA) is 90.9 Å². The van der Waals surface area contributed by atoms with Crippen molar-refractivity contribution in [2.24, 2.45) is 12.2 Å². The van der Waals surface area contributed by atoms with Crippen LogP contribution >= 0.6 is 0 Å². The van der Waals surface area contributed by atoms with E-state index in [9.17, 15) is 30.4 Å². The summed E-state index contributed by atoms with van der Waals surface area (Å²) in [5, 5.41) is 8.55. The van der Waals surface area contributed by atoms with Crippen molar-refractivity contribution in [1.29, 1.82) is 0 Å². The van der Waals surface area contributed by atoms with Crippen molar-refractivity contribution in [3.63, 3.8) is 0 Å². The molecule has 0 aromatic carbocycles. The first kappa shape index (κ1) is 13.8. The molecule has 0 saturated carbocycles. The summed E-state index contributed by atoms with van der Waals surface area (Å²) < 4.78 is 83.2. The van der Waals surface area contributed by atoms with E-state index in [-0.39, 0.29) is 4.57 Å². The monoisotopic (exact) mass is 280 g/mol. The number of halogens is 5. The highest BCUT2D eigenvalue weighted by atomic mass is 32.2. The molecule has 0 spiro atoms. The number of nitrogens with zero attached hydrogens (tertiary/aromatic N) is 3. The largest absolute Gasteiger partial charge is 0.461 e. The molecule has 0 amide bonds. The lowest BCUT2D eigenvalue weighted by Crippen LogP contribution is -2.36. The first-order chi connectivity index (χ1) is 7.39. The molecule has 0 fully saturated rings. The van der Waals surface area contributed by atoms with Crippen LogP contribution in [0.5, 0.6) is 0 Å². The SMILES string of the molecule is Cn1c(C(F)(F)C(F)(F)F)nnc1S(N)(=O)=O. The Morgan fingerprint density at radius 1 is 1.18 bits per heavy atom. The Morgan fingerprint density at radius 3 is 1.94 bits per heavy atom. The Kier molecular flexibility index (Phi) is 2.91. The van der Waals surface area contributed by atoms with Crippen LogP contribution < -0.4 is 5.14 Å². The van der Waals surface area contributed by atoms with E-state index >= 15 is 0 Å². The molecule has 1 heterocycles. The number of rotatable bonds is 2. The Morgan fingerprint density at radius 2 is 1.65 bits per heavy atom. The van der Waals surface area contributed by atoms with E-state index < -0.39 is 33.1 Å². The molecule has 0 aliphatic rings. The zero-order valence-electron chi connectivity index (χ0n) is 8.03. The normalized spacial score (nSPS) is 14.1. The second-order valence-corrected chi connectivity index (χ2v) is 4.44. The van der Waals surface area contributed by atoms with Gasteiger partial charge in [0.05, 0.1) is 0 Å². The molecular weight excluding hydrogens is 275 g/mol. The summed E-state index contributed by atoms with van der Waals surface area (Å²) in [5.41, 5.74) is 0. The summed E-state index contributed by atoms with van der Waals surface area (Å²) in [5.74, 6) is -7.17. The summed E-state index contributed by atoms with van der Waals surface area (Å²) in [4.78, 5) is 0. The van der Waals surface area contributed by atoms with E-state index in [0.29, 0.717) is 7.05 Å². The second kappa shape index (κ2) is 3.60. The molecule has 0 atom stereocenters. The first-order valence-electron chi connectivity index (χ1n) is 3.76. The molecule has 6 nitrogen and oxygen atoms in total. The van der Waals surface area contributed by atoms with E-state index in [4.69, 9.17) is 0 Å². The van der Waals surface area contributed by atoms with Gasteiger partial charge in [-0.1, -0.05) is 0 Å². The van der Waals surface area contributed by atoms with Gasteiger partial charge in [0.25, 0.3) is 15.2 Å². The average molecular weight is 280 g/mol. The fourth-order valence-electron chi connectivity index (χ4n) is 0.963. The number of nitrogens with two attached hydrogens (primary N) is 1. The van der Waals surface area contributed by atoms with Crippen molar-refractivity contribution in [3.05, 3.63) is 5.82 Å². The molecule has 1 rings (SSSR count). The van der Waals surface area contributed by atoms with Crippen molar-refractivity contribution in [3.8, 4) is 0 Å². The van der Waals surface area contributed by atoms with Crippen molar-refractivity contribution >= 4 is 10.0 Å². The lowest BCUT2D eigenvalue weighted by Gasteiger charge is -2.18. The molecule has 12 heteroatoms. The minimum absolute atomic E-state index is 0.0250. The first-order valence-corrected chi connectivity index (χ1v) is 5.31. The number of aromatic nitrogens is 3. The predicted octanol–water partition coefficient (Wildman–Crippen LogP) is 0.117. The second-order valence-electron chi connectivity index (χ2n) is 2.98. The Labute approximate surface area is 91.3 Å². The van der Waals surface area contributed by atoms with Gasteiger partial charge in [0.2, 0.25) is 5.82 Å². The van der Waals surface area contributed by atoms with Gasteiger partial charge < -0.3 is 0 Å². The number of hydrogen-bond donors (Lipinski definition) is 1. The zero-order chi connectivity index (χ0) is 13.6. The van der Waals surface area contributed by atoms with Gasteiger partial charge in [0.15, 0.2) is 0 Å². The molecule has 0 unspecified atom stereocenters. The summed E-state index contributed by atoms with van der Waals surface area (Å²) >= 11 is 0. The molecule has 0 bridgehead atoms. The Bertz CT molecular complexity index is 533. The zero-order valence-corrected chi connectivity index (χ0v) is 8.85. The van der Waals surface area contributed by atoms with Crippen molar-refractivity contribution in [2.45, 2.75) is 17.3 Å². The third-order valence-electron chi connectivity index (χ3n) is 1.73. The maximum absolute atomic E-state index is 12.8. The minimum Gasteiger partial charge on any atom is -0.298 e. The summed E-state index contributed by atoms with van der Waals surface area (Å²) in [6.07, 6.45) is -5.91. The van der Waals surface area contributed by atoms with Gasteiger partial charge in [0.1, 0.15) is 0 Å². The maximum Gasteiger partial charge on any atom is 0.461 e. The maximum atomic E-state index is 12.8. The molecule has 0 aliphatic heterocycles. The van der Waals surface area contributed by atoms with Gasteiger partial charge in [-0.05, 0) is 0 Å². The van der Waals surface area contributed by atoms with Crippen molar-refractivity contribution in [1.82, 2.24) is 14.8 Å². The molecule has 17 heavy (non-hydrogen) atoms. The Balaban J connectivity index is 3.43. The lowest BCUT2D eigenvalue weighted by atomic mass is 10.3. The molecule has 0 saturated heterocycles. The van der Waals surface area contributed by atoms with Crippen LogP contribution in [0.25, 0.3) is 0 Å². The molecule has 0 aliphatic carbocycles. The number of primary sulfonamides is 1. The van der Waals surface area contributed by atoms with Crippen LogP contribution in [0.15, 0.2) is 5.16 Å². The van der Waals surface area contributed by atoms with Crippen LogP contribution in [0, 0.1) is 0 Å². The summed E-state index contributed by atoms with van der Waals surface area (Å²) in [7, 11) is -3.90. The molecule has 0 radical (unpaired) electrons. The van der Waals surface area contributed by atoms with Gasteiger partial charge in [0, 0.05) is 7.05 Å². The molecular formula is C5H5F5N4O2S. The van der Waals surface area contributed by atoms with Gasteiger partial charge >= 0.3 is 12.1 Å². The fraction of sp³-hybridized carbons (Fsp3) is 0.600. The van der Waals surface area contributed by atoms with Crippen molar-refractivity contribution in [2.75, 3.05) is 0 Å². The smallest absolute Gasteiger partial charge is 0.298 e. The van der Waals surface area contributed by atoms with E-state index in [1.807, 2.05) is 0 Å². The predicted molar refractivity (Wildman–Crippen MR) is 42.3 cm³/mol. The van der Waals surface area contributed by atoms with Gasteiger partial charge in [-0.15, -0.1) is 10.2 Å². The standard InChI is InChI=1S/C5H5F5N4O2S/c1-14-2(4(6,7)5(8,9)10)12-13-3(14)17(11,15)16/h1H3,(H2,11,15,16). The third-order valence-corrected chi connectivity index (χ3v) is 2.59. The highest BCUT2D eigenvalue weighted by molar-refractivity contribution is 7.89. The average Bonchev–Trinajstić information content (AvgIpc) is 2.43. The highest BCUT2D eigenvalue weighted by Gasteiger charge is 2.62. The number of hydrogen-bond acceptors (Lipinski definition) is 4. The fourth-order valence-corrected chi connectivity index (χ4v) is 1.59. The lowest BCUT2D eigenvalue weighted by molar-refractivity contribution is -0.293. The number of alkyl halides is 5. The summed E-state index contributed by atoms with van der Waals surface area (Å²) in [6.45, 7) is 0. The van der Waals surface area contributed by atoms with Gasteiger partial charge in [-0.3, -0.25) is 4.57 Å². The summed E-state index contributed by atoms with van der Waals surface area (Å²) in [6, 6.07) is 0. The van der Waals surface area contributed by atoms with E-state index in [2.05, 4.69) is 15.3 Å². The number of sulfonamides is 1. The van der Waals surface area contributed by atoms with Crippen LogP contribution in [0.4, 0.5) is 22.0 Å². The van der Waals surface area contributed by atoms with Crippen molar-refractivity contribution < 1.29 is 30.4 Å². The van der Waals surface area contributed by atoms with Gasteiger partial charge in [-0.2, -0.15) is 22.0 Å². The highest BCUT2D eigenvalue weighted by Crippen LogP contribution is 2.42. The van der Waals surface area contributed by atoms with Gasteiger partial charge in [-0.25, -0.2) is 13.6 Å². The van der Waals surface area contributed by atoms with Crippen LogP contribution in [-0.2, 0) is 23.0 Å². The molecule has 98 valence electrons. The molecule has 1 aromatic rings. The van der Waals surface area contributed by atoms with E-state index in [1.54, 1.807) is 0 Å². The van der Waals surface area contributed by atoms with E-state index in [1.165, 1.54) is 0 Å². The quantitative estimate of drug-likeness (QED) is 0.779. The third kappa shape index (κ3) is 2.22. The van der Waals surface area contributed by atoms with Crippen LogP contribution in [0.1, 0.15) is 5.82 Å².